The predicted octanol–water partition coefficient (Wildman–Crippen LogP) is 1.86. The minimum atomic E-state index is -0.323. The first-order valence-corrected chi connectivity index (χ1v) is 10.2. The zero-order valence-electron chi connectivity index (χ0n) is 16.5. The quantitative estimate of drug-likeness (QED) is 0.858. The number of aromatic amines is 1. The number of H-pyrrole nitrogens is 1. The maximum absolute atomic E-state index is 12.9. The number of nitrogens with one attached hydrogen (secondary N) is 1. The molecule has 7 nitrogen and oxygen atoms in total. The summed E-state index contributed by atoms with van der Waals surface area (Å²) in [5.41, 5.74) is 1.11. The van der Waals surface area contributed by atoms with Gasteiger partial charge in [0.05, 0.1) is 6.20 Å². The van der Waals surface area contributed by atoms with E-state index in [0.29, 0.717) is 32.6 Å². The third-order valence-corrected chi connectivity index (χ3v) is 6.10. The molecule has 0 saturated carbocycles. The summed E-state index contributed by atoms with van der Waals surface area (Å²) < 4.78 is 0. The number of hydrogen-bond donors (Lipinski definition) is 1. The van der Waals surface area contributed by atoms with Gasteiger partial charge in [-0.05, 0) is 31.2 Å². The minimum Gasteiger partial charge on any atom is -0.342 e. The molecule has 7 heteroatoms. The van der Waals surface area contributed by atoms with Crippen LogP contribution in [0.5, 0.6) is 0 Å². The molecular weight excluding hydrogens is 368 g/mol. The van der Waals surface area contributed by atoms with Gasteiger partial charge in [0.15, 0.2) is 0 Å². The number of amides is 2. The molecule has 2 fully saturated rings. The maximum Gasteiger partial charge on any atom is 0.273 e. The number of rotatable bonds is 4. The Balaban J connectivity index is 1.43. The first-order chi connectivity index (χ1) is 14.0. The third kappa shape index (κ3) is 4.39. The van der Waals surface area contributed by atoms with Crippen molar-refractivity contribution in [3.8, 4) is 0 Å². The summed E-state index contributed by atoms with van der Waals surface area (Å²) in [4.78, 5) is 46.9. The Morgan fingerprint density at radius 3 is 2.72 bits per heavy atom. The number of aromatic nitrogens is 2. The summed E-state index contributed by atoms with van der Waals surface area (Å²) in [5.74, 6) is 0.0466. The number of piperidine rings is 2. The highest BCUT2D eigenvalue weighted by Gasteiger charge is 2.42. The Labute approximate surface area is 169 Å². The van der Waals surface area contributed by atoms with Crippen LogP contribution < -0.4 is 5.56 Å². The molecular formula is C22H26N4O3. The second-order valence-corrected chi connectivity index (χ2v) is 8.18. The molecule has 2 aromatic rings. The molecule has 1 atom stereocenters. The summed E-state index contributed by atoms with van der Waals surface area (Å²) in [6.45, 7) is 2.71. The molecule has 1 N–H and O–H groups in total. The van der Waals surface area contributed by atoms with Gasteiger partial charge in [0, 0.05) is 44.2 Å². The molecule has 1 unspecified atom stereocenters. The normalized spacial score (nSPS) is 22.1. The SMILES string of the molecule is O=C1CCC2(CCCN(C(=O)c3c[nH]c(=O)cn3)C2)CN1CCc1ccccc1. The van der Waals surface area contributed by atoms with Gasteiger partial charge in [-0.2, -0.15) is 0 Å². The smallest absolute Gasteiger partial charge is 0.273 e. The number of hydrogen-bond acceptors (Lipinski definition) is 4. The lowest BCUT2D eigenvalue weighted by molar-refractivity contribution is -0.138. The summed E-state index contributed by atoms with van der Waals surface area (Å²) >= 11 is 0. The van der Waals surface area contributed by atoms with Crippen molar-refractivity contribution >= 4 is 11.8 Å². The number of benzene rings is 1. The molecule has 2 aliphatic heterocycles. The Kier molecular flexibility index (Phi) is 5.47. The highest BCUT2D eigenvalue weighted by atomic mass is 16.2. The standard InChI is InChI=1S/C22H26N4O3/c27-19-14-23-18(13-24-19)21(29)26-11-4-9-22(16-26)10-7-20(28)25(15-22)12-8-17-5-2-1-3-6-17/h1-3,5-6,13-14H,4,7-12,15-16H2,(H,24,27). The topological polar surface area (TPSA) is 86.4 Å². The van der Waals surface area contributed by atoms with E-state index in [-0.39, 0.29) is 28.5 Å². The lowest BCUT2D eigenvalue weighted by Gasteiger charge is -2.48. The molecule has 1 spiro atoms. The highest BCUT2D eigenvalue weighted by molar-refractivity contribution is 5.92. The second-order valence-electron chi connectivity index (χ2n) is 8.18. The van der Waals surface area contributed by atoms with Crippen molar-refractivity contribution < 1.29 is 9.59 Å². The van der Waals surface area contributed by atoms with E-state index in [4.69, 9.17) is 0 Å². The lowest BCUT2D eigenvalue weighted by Crippen LogP contribution is -2.55. The van der Waals surface area contributed by atoms with Crippen LogP contribution in [0.2, 0.25) is 0 Å². The second kappa shape index (κ2) is 8.19. The van der Waals surface area contributed by atoms with E-state index in [0.717, 1.165) is 31.9 Å². The van der Waals surface area contributed by atoms with Gasteiger partial charge in [-0.3, -0.25) is 14.4 Å². The molecule has 3 heterocycles. The minimum absolute atomic E-state index is 0.0549. The summed E-state index contributed by atoms with van der Waals surface area (Å²) in [6.07, 6.45) is 6.64. The largest absolute Gasteiger partial charge is 0.342 e. The molecule has 0 aliphatic carbocycles. The monoisotopic (exact) mass is 394 g/mol. The molecule has 152 valence electrons. The highest BCUT2D eigenvalue weighted by Crippen LogP contribution is 2.39. The predicted molar refractivity (Wildman–Crippen MR) is 108 cm³/mol. The molecule has 2 aliphatic rings. The summed E-state index contributed by atoms with van der Waals surface area (Å²) in [5, 5.41) is 0. The molecule has 1 aromatic carbocycles. The summed E-state index contributed by atoms with van der Waals surface area (Å²) in [6, 6.07) is 10.2. The summed E-state index contributed by atoms with van der Waals surface area (Å²) in [7, 11) is 0. The van der Waals surface area contributed by atoms with E-state index >= 15 is 0 Å². The van der Waals surface area contributed by atoms with Crippen LogP contribution in [0.15, 0.2) is 47.5 Å². The van der Waals surface area contributed by atoms with Crippen molar-refractivity contribution in [3.63, 3.8) is 0 Å². The molecule has 2 saturated heterocycles. The fourth-order valence-corrected chi connectivity index (χ4v) is 4.55. The molecule has 0 radical (unpaired) electrons. The zero-order chi connectivity index (χ0) is 20.3. The molecule has 2 amide bonds. The Hall–Kier alpha value is -2.96. The fraction of sp³-hybridized carbons (Fsp3) is 0.455. The van der Waals surface area contributed by atoms with Crippen molar-refractivity contribution in [1.29, 1.82) is 0 Å². The van der Waals surface area contributed by atoms with Crippen molar-refractivity contribution in [1.82, 2.24) is 19.8 Å². The number of carbonyl (C=O) groups excluding carboxylic acids is 2. The van der Waals surface area contributed by atoms with Crippen LogP contribution in [-0.2, 0) is 11.2 Å². The van der Waals surface area contributed by atoms with Gasteiger partial charge in [0.25, 0.3) is 11.5 Å². The Morgan fingerprint density at radius 1 is 1.14 bits per heavy atom. The van der Waals surface area contributed by atoms with E-state index in [1.165, 1.54) is 11.8 Å². The van der Waals surface area contributed by atoms with Crippen molar-refractivity contribution in [2.75, 3.05) is 26.2 Å². The van der Waals surface area contributed by atoms with Crippen LogP contribution in [-0.4, -0.2) is 57.8 Å². The van der Waals surface area contributed by atoms with Gasteiger partial charge >= 0.3 is 0 Å². The first kappa shape index (κ1) is 19.4. The molecule has 4 rings (SSSR count). The van der Waals surface area contributed by atoms with E-state index in [1.807, 2.05) is 28.0 Å². The molecule has 0 bridgehead atoms. The first-order valence-electron chi connectivity index (χ1n) is 10.2. The van der Waals surface area contributed by atoms with Crippen LogP contribution in [0.4, 0.5) is 0 Å². The van der Waals surface area contributed by atoms with Crippen LogP contribution in [0.1, 0.15) is 41.7 Å². The average Bonchev–Trinajstić information content (AvgIpc) is 2.75. The Bertz CT molecular complexity index is 922. The Morgan fingerprint density at radius 2 is 1.97 bits per heavy atom. The number of carbonyl (C=O) groups is 2. The third-order valence-electron chi connectivity index (χ3n) is 6.10. The van der Waals surface area contributed by atoms with Gasteiger partial charge in [0.1, 0.15) is 5.69 Å². The average molecular weight is 394 g/mol. The van der Waals surface area contributed by atoms with Crippen molar-refractivity contribution in [2.24, 2.45) is 5.41 Å². The number of likely N-dealkylation sites (tertiary alicyclic amines) is 2. The molecule has 1 aromatic heterocycles. The van der Waals surface area contributed by atoms with Gasteiger partial charge in [0.2, 0.25) is 5.91 Å². The van der Waals surface area contributed by atoms with Crippen molar-refractivity contribution in [2.45, 2.75) is 32.1 Å². The molecule has 29 heavy (non-hydrogen) atoms. The van der Waals surface area contributed by atoms with Crippen LogP contribution in [0.25, 0.3) is 0 Å². The van der Waals surface area contributed by atoms with E-state index < -0.39 is 0 Å². The number of nitrogens with zero attached hydrogens (tertiary/aromatic N) is 3. The van der Waals surface area contributed by atoms with Gasteiger partial charge in [-0.25, -0.2) is 4.98 Å². The maximum atomic E-state index is 12.9. The fourth-order valence-electron chi connectivity index (χ4n) is 4.55. The van der Waals surface area contributed by atoms with Crippen molar-refractivity contribution in [3.05, 3.63) is 64.3 Å². The van der Waals surface area contributed by atoms with Gasteiger partial charge < -0.3 is 14.8 Å². The zero-order valence-corrected chi connectivity index (χ0v) is 16.5. The van der Waals surface area contributed by atoms with E-state index in [1.54, 1.807) is 0 Å². The van der Waals surface area contributed by atoms with Crippen LogP contribution >= 0.6 is 0 Å². The lowest BCUT2D eigenvalue weighted by atomic mass is 9.73. The van der Waals surface area contributed by atoms with Crippen LogP contribution in [0.3, 0.4) is 0 Å². The van der Waals surface area contributed by atoms with Gasteiger partial charge in [-0.15, -0.1) is 0 Å². The van der Waals surface area contributed by atoms with Crippen LogP contribution in [0, 0.1) is 5.41 Å². The van der Waals surface area contributed by atoms with E-state index in [2.05, 4.69) is 22.1 Å². The van der Waals surface area contributed by atoms with E-state index in [9.17, 15) is 14.4 Å². The van der Waals surface area contributed by atoms with Gasteiger partial charge in [-0.1, -0.05) is 30.3 Å².